The number of nitrogens with one attached hydrogen (secondary N) is 1. The van der Waals surface area contributed by atoms with Gasteiger partial charge in [-0.25, -0.2) is 0 Å². The zero-order valence-corrected chi connectivity index (χ0v) is 10.8. The number of guanidine groups is 1. The van der Waals surface area contributed by atoms with Crippen LogP contribution < -0.4 is 16.0 Å². The number of piperidine rings is 1. The maximum atomic E-state index is 6.13. The Balaban J connectivity index is 2.01. The lowest BCUT2D eigenvalue weighted by molar-refractivity contribution is 0.240. The summed E-state index contributed by atoms with van der Waals surface area (Å²) in [7, 11) is 0. The van der Waals surface area contributed by atoms with Crippen LogP contribution in [0.5, 0.6) is 0 Å². The van der Waals surface area contributed by atoms with E-state index in [2.05, 4.69) is 46.4 Å². The van der Waals surface area contributed by atoms with E-state index >= 15 is 0 Å². The summed E-state index contributed by atoms with van der Waals surface area (Å²) in [5, 5.41) is 3.45. The first-order valence-electron chi connectivity index (χ1n) is 6.60. The van der Waals surface area contributed by atoms with Crippen LogP contribution in [0.1, 0.15) is 13.3 Å². The summed E-state index contributed by atoms with van der Waals surface area (Å²) >= 11 is 0. The molecule has 4 heteroatoms. The summed E-state index contributed by atoms with van der Waals surface area (Å²) in [6.07, 6.45) is 1.09. The second-order valence-electron chi connectivity index (χ2n) is 5.30. The first-order chi connectivity index (χ1) is 8.74. The molecule has 2 aliphatic heterocycles. The van der Waals surface area contributed by atoms with Crippen LogP contribution in [0.15, 0.2) is 35.3 Å². The van der Waals surface area contributed by atoms with E-state index in [1.54, 1.807) is 0 Å². The fourth-order valence-electron chi connectivity index (χ4n) is 3.18. The highest BCUT2D eigenvalue weighted by atomic mass is 15.4. The van der Waals surface area contributed by atoms with Gasteiger partial charge in [0.1, 0.15) is 0 Å². The van der Waals surface area contributed by atoms with E-state index in [-0.39, 0.29) is 5.54 Å². The van der Waals surface area contributed by atoms with Gasteiger partial charge < -0.3 is 16.0 Å². The van der Waals surface area contributed by atoms with Crippen LogP contribution in [-0.2, 0) is 0 Å². The molecule has 3 N–H and O–H groups in total. The Kier molecular flexibility index (Phi) is 2.74. The van der Waals surface area contributed by atoms with Crippen LogP contribution in [0, 0.1) is 5.92 Å². The van der Waals surface area contributed by atoms with Crippen molar-refractivity contribution in [2.24, 2.45) is 16.6 Å². The molecule has 1 aromatic rings. The minimum Gasteiger partial charge on any atom is -0.369 e. The maximum absolute atomic E-state index is 6.13. The summed E-state index contributed by atoms with van der Waals surface area (Å²) in [6, 6.07) is 10.4. The van der Waals surface area contributed by atoms with E-state index in [4.69, 9.17) is 5.73 Å². The van der Waals surface area contributed by atoms with Gasteiger partial charge in [-0.15, -0.1) is 0 Å². The Morgan fingerprint density at radius 1 is 1.39 bits per heavy atom. The van der Waals surface area contributed by atoms with Crippen molar-refractivity contribution in [1.82, 2.24) is 5.32 Å². The van der Waals surface area contributed by atoms with Crippen LogP contribution in [0.4, 0.5) is 5.69 Å². The van der Waals surface area contributed by atoms with Gasteiger partial charge >= 0.3 is 0 Å². The van der Waals surface area contributed by atoms with Gasteiger partial charge in [0.05, 0.1) is 12.1 Å². The lowest BCUT2D eigenvalue weighted by Gasteiger charge is -2.46. The zero-order valence-electron chi connectivity index (χ0n) is 10.8. The molecule has 2 unspecified atom stereocenters. The molecule has 0 radical (unpaired) electrons. The Hall–Kier alpha value is -1.55. The van der Waals surface area contributed by atoms with Crippen LogP contribution in [0.3, 0.4) is 0 Å². The number of anilines is 1. The normalized spacial score (nSPS) is 31.7. The average molecular weight is 244 g/mol. The van der Waals surface area contributed by atoms with Crippen molar-refractivity contribution in [2.45, 2.75) is 18.9 Å². The molecule has 2 aliphatic rings. The smallest absolute Gasteiger partial charge is 0.196 e. The molecule has 3 rings (SSSR count). The van der Waals surface area contributed by atoms with Crippen molar-refractivity contribution < 1.29 is 0 Å². The Morgan fingerprint density at radius 3 is 2.89 bits per heavy atom. The molecular weight excluding hydrogens is 224 g/mol. The highest BCUT2D eigenvalue weighted by Crippen LogP contribution is 2.38. The van der Waals surface area contributed by atoms with Crippen molar-refractivity contribution in [3.63, 3.8) is 0 Å². The fraction of sp³-hybridized carbons (Fsp3) is 0.500. The first-order valence-corrected chi connectivity index (χ1v) is 6.60. The molecule has 1 fully saturated rings. The molecule has 1 saturated heterocycles. The largest absolute Gasteiger partial charge is 0.369 e. The second-order valence-corrected chi connectivity index (χ2v) is 5.30. The third-order valence-corrected chi connectivity index (χ3v) is 4.31. The minimum absolute atomic E-state index is 0.0662. The number of hydrogen-bond acceptors (Lipinski definition) is 4. The molecule has 0 aromatic heterocycles. The topological polar surface area (TPSA) is 53.6 Å². The Morgan fingerprint density at radius 2 is 2.17 bits per heavy atom. The SMILES string of the molecule is CC1CNCCC12CN=C(N)N2c1ccccc1. The molecule has 4 nitrogen and oxygen atoms in total. The lowest BCUT2D eigenvalue weighted by atomic mass is 9.78. The van der Waals surface area contributed by atoms with E-state index in [1.165, 1.54) is 0 Å². The minimum atomic E-state index is 0.0662. The molecule has 0 aliphatic carbocycles. The zero-order chi connectivity index (χ0) is 12.6. The molecule has 2 heterocycles. The van der Waals surface area contributed by atoms with Gasteiger partial charge in [-0.3, -0.25) is 4.99 Å². The highest BCUT2D eigenvalue weighted by Gasteiger charge is 2.48. The number of para-hydroxylation sites is 1. The summed E-state index contributed by atoms with van der Waals surface area (Å²) < 4.78 is 0. The van der Waals surface area contributed by atoms with E-state index in [9.17, 15) is 0 Å². The van der Waals surface area contributed by atoms with E-state index < -0.39 is 0 Å². The predicted molar refractivity (Wildman–Crippen MR) is 74.8 cm³/mol. The average Bonchev–Trinajstić information content (AvgIpc) is 2.73. The summed E-state index contributed by atoms with van der Waals surface area (Å²) in [5.41, 5.74) is 7.36. The first kappa shape index (κ1) is 11.5. The molecule has 0 amide bonds. The van der Waals surface area contributed by atoms with E-state index in [0.29, 0.717) is 11.9 Å². The van der Waals surface area contributed by atoms with Gasteiger partial charge in [-0.2, -0.15) is 0 Å². The van der Waals surface area contributed by atoms with Crippen molar-refractivity contribution in [1.29, 1.82) is 0 Å². The van der Waals surface area contributed by atoms with E-state index in [0.717, 1.165) is 31.7 Å². The molecule has 2 atom stereocenters. The molecule has 0 saturated carbocycles. The van der Waals surface area contributed by atoms with Crippen molar-refractivity contribution >= 4 is 11.6 Å². The Bertz CT molecular complexity index is 456. The molecular formula is C14H20N4. The Labute approximate surface area is 108 Å². The van der Waals surface area contributed by atoms with Crippen LogP contribution in [-0.4, -0.2) is 31.1 Å². The highest BCUT2D eigenvalue weighted by molar-refractivity contribution is 5.98. The summed E-state index contributed by atoms with van der Waals surface area (Å²) in [5.74, 6) is 1.20. The maximum Gasteiger partial charge on any atom is 0.196 e. The van der Waals surface area contributed by atoms with Gasteiger partial charge in [0, 0.05) is 12.2 Å². The molecule has 96 valence electrons. The number of nitrogens with two attached hydrogens (primary N) is 1. The quantitative estimate of drug-likeness (QED) is 0.780. The van der Waals surface area contributed by atoms with Crippen molar-refractivity contribution in [3.8, 4) is 0 Å². The molecule has 0 bridgehead atoms. The summed E-state index contributed by atoms with van der Waals surface area (Å²) in [6.45, 7) is 5.18. The lowest BCUT2D eigenvalue weighted by Crippen LogP contribution is -2.61. The van der Waals surface area contributed by atoms with Gasteiger partial charge in [-0.1, -0.05) is 25.1 Å². The monoisotopic (exact) mass is 244 g/mol. The third kappa shape index (κ3) is 1.60. The summed E-state index contributed by atoms with van der Waals surface area (Å²) in [4.78, 5) is 6.76. The fourth-order valence-corrected chi connectivity index (χ4v) is 3.18. The predicted octanol–water partition coefficient (Wildman–Crippen LogP) is 1.19. The van der Waals surface area contributed by atoms with Crippen molar-refractivity contribution in [3.05, 3.63) is 30.3 Å². The number of hydrogen-bond donors (Lipinski definition) is 2. The number of nitrogens with zero attached hydrogens (tertiary/aromatic N) is 2. The molecule has 18 heavy (non-hydrogen) atoms. The van der Waals surface area contributed by atoms with Gasteiger partial charge in [0.15, 0.2) is 5.96 Å². The van der Waals surface area contributed by atoms with Crippen LogP contribution in [0.2, 0.25) is 0 Å². The van der Waals surface area contributed by atoms with Crippen LogP contribution >= 0.6 is 0 Å². The van der Waals surface area contributed by atoms with Crippen LogP contribution in [0.25, 0.3) is 0 Å². The van der Waals surface area contributed by atoms with Gasteiger partial charge in [0.2, 0.25) is 0 Å². The van der Waals surface area contributed by atoms with E-state index in [1.807, 2.05) is 6.07 Å². The third-order valence-electron chi connectivity index (χ3n) is 4.31. The molecule has 1 spiro atoms. The number of rotatable bonds is 1. The molecule has 1 aromatic carbocycles. The standard InChI is InChI=1S/C14H20N4/c1-11-9-16-8-7-14(11)10-17-13(15)18(14)12-5-3-2-4-6-12/h2-6,11,16H,7-10H2,1H3,(H2,15,17). The van der Waals surface area contributed by atoms with Crippen molar-refractivity contribution in [2.75, 3.05) is 24.5 Å². The van der Waals surface area contributed by atoms with Gasteiger partial charge in [-0.05, 0) is 31.0 Å². The van der Waals surface area contributed by atoms with Gasteiger partial charge in [0.25, 0.3) is 0 Å². The number of aliphatic imine (C=N–C) groups is 1. The number of benzene rings is 1. The second kappa shape index (κ2) is 4.28.